The van der Waals surface area contributed by atoms with E-state index in [0.717, 1.165) is 36.4 Å². The molecule has 1 radical (unpaired) electrons. The fourth-order valence-corrected chi connectivity index (χ4v) is 4.17. The molecule has 6 rings (SSSR count). The zero-order valence-electron chi connectivity index (χ0n) is 24.9. The number of rotatable bonds is 3. The molecule has 6 aromatic rings. The van der Waals surface area contributed by atoms with Gasteiger partial charge in [-0.15, -0.1) is 0 Å². The summed E-state index contributed by atoms with van der Waals surface area (Å²) in [7, 11) is 0. The average Bonchev–Trinajstić information content (AvgIpc) is 3.09. The molecule has 0 N–H and O–H groups in total. The smallest absolute Gasteiger partial charge is 0.256 e. The summed E-state index contributed by atoms with van der Waals surface area (Å²) in [6.45, 7) is 0. The van der Waals surface area contributed by atoms with Crippen molar-refractivity contribution >= 4 is 0 Å². The van der Waals surface area contributed by atoms with Crippen LogP contribution in [0.2, 0.25) is 0 Å². The van der Waals surface area contributed by atoms with Gasteiger partial charge in [-0.1, -0.05) is 54.6 Å². The molecule has 255 valence electrons. The Morgan fingerprint density at radius 3 is 0.796 bits per heavy atom. The minimum atomic E-state index is -4.31. The number of benzene rings is 3. The summed E-state index contributed by atoms with van der Waals surface area (Å²) in [5.41, 5.74) is 1.04. The Labute approximate surface area is 288 Å². The van der Waals surface area contributed by atoms with Crippen LogP contribution in [0.15, 0.2) is 146 Å². The molecule has 0 spiro atoms. The molecule has 3 heterocycles. The molecule has 0 saturated carbocycles. The molecule has 3 nitrogen and oxygen atoms in total. The second-order valence-corrected chi connectivity index (χ2v) is 9.88. The van der Waals surface area contributed by atoms with Crippen molar-refractivity contribution < 1.29 is 59.6 Å². The van der Waals surface area contributed by atoms with Gasteiger partial charge in [0.2, 0.25) is 0 Å². The van der Waals surface area contributed by atoms with E-state index < -0.39 is 35.2 Å². The van der Waals surface area contributed by atoms with Crippen LogP contribution in [0.5, 0.6) is 0 Å². The molecule has 13 heteroatoms. The van der Waals surface area contributed by atoms with Crippen LogP contribution in [0.1, 0.15) is 16.7 Å². The van der Waals surface area contributed by atoms with Crippen LogP contribution in [-0.4, -0.2) is 15.0 Å². The maximum absolute atomic E-state index is 12.5. The number of pyridine rings is 3. The van der Waals surface area contributed by atoms with E-state index in [1.165, 1.54) is 18.2 Å². The van der Waals surface area contributed by atoms with Gasteiger partial charge in [-0.2, -0.15) is 39.5 Å². The van der Waals surface area contributed by atoms with Crippen molar-refractivity contribution in [1.29, 1.82) is 0 Å². The second kappa shape index (κ2) is 17.0. The summed E-state index contributed by atoms with van der Waals surface area (Å²) >= 11 is 0. The maximum Gasteiger partial charge on any atom is 0.416 e. The number of hydrogen-bond acceptors (Lipinski definition) is 3. The Balaban J connectivity index is 0.000000197. The van der Waals surface area contributed by atoms with E-state index in [0.29, 0.717) is 33.8 Å². The topological polar surface area (TPSA) is 38.7 Å². The summed E-state index contributed by atoms with van der Waals surface area (Å²) in [5.74, 6) is 0. The summed E-state index contributed by atoms with van der Waals surface area (Å²) in [4.78, 5) is 12.0. The first-order valence-corrected chi connectivity index (χ1v) is 14.0. The fraction of sp³-hybridized carbons (Fsp3) is 0.0833. The molecule has 0 amide bonds. The van der Waals surface area contributed by atoms with E-state index in [1.54, 1.807) is 91.4 Å². The predicted molar refractivity (Wildman–Crippen MR) is 164 cm³/mol. The van der Waals surface area contributed by atoms with Gasteiger partial charge in [0.05, 0.1) is 33.8 Å². The molecule has 3 aromatic carbocycles. The van der Waals surface area contributed by atoms with Gasteiger partial charge in [0.15, 0.2) is 0 Å². The Bertz CT molecular complexity index is 1660. The van der Waals surface area contributed by atoms with Gasteiger partial charge in [-0.25, -0.2) is 0 Å². The summed E-state index contributed by atoms with van der Waals surface area (Å²) in [6.07, 6.45) is -8.29. The third-order valence-corrected chi connectivity index (χ3v) is 6.45. The Morgan fingerprint density at radius 2 is 0.592 bits per heavy atom. The molecule has 0 bridgehead atoms. The van der Waals surface area contributed by atoms with Crippen LogP contribution in [0.25, 0.3) is 33.8 Å². The van der Waals surface area contributed by atoms with Gasteiger partial charge in [-0.3, -0.25) is 15.0 Å². The molecule has 0 unspecified atom stereocenters. The van der Waals surface area contributed by atoms with E-state index in [-0.39, 0.29) is 20.1 Å². The Kier molecular flexibility index (Phi) is 13.4. The van der Waals surface area contributed by atoms with Crippen molar-refractivity contribution in [2.75, 3.05) is 0 Å². The molecular weight excluding hydrogens is 838 g/mol. The monoisotopic (exact) mass is 862 g/mol. The first kappa shape index (κ1) is 38.6. The minimum Gasteiger partial charge on any atom is -0.256 e. The van der Waals surface area contributed by atoms with E-state index >= 15 is 0 Å². The quantitative estimate of drug-likeness (QED) is 0.166. The third-order valence-electron chi connectivity index (χ3n) is 6.45. The zero-order chi connectivity index (χ0) is 34.8. The molecule has 49 heavy (non-hydrogen) atoms. The molecular formula is C36H24F9IrN3. The third kappa shape index (κ3) is 11.7. The number of halogens is 9. The largest absolute Gasteiger partial charge is 0.416 e. The van der Waals surface area contributed by atoms with Crippen LogP contribution in [0.4, 0.5) is 39.5 Å². The zero-order valence-corrected chi connectivity index (χ0v) is 27.3. The SMILES string of the molecule is FC(F)(F)c1cccc(-c2ccccn2)c1.FC(F)(F)c1cccc(-c2ccccn2)c1.FC(F)(F)c1cccc(-c2ccccn2)c1.[Ir]. The van der Waals surface area contributed by atoms with Gasteiger partial charge in [0.25, 0.3) is 0 Å². The maximum atomic E-state index is 12.5. The van der Waals surface area contributed by atoms with Gasteiger partial charge >= 0.3 is 18.5 Å². The molecule has 0 aliphatic carbocycles. The Hall–Kier alpha value is -4.87. The standard InChI is InChI=1S/3C12H8F3N.Ir/c3*13-12(14,15)10-5-3-4-9(8-10)11-6-1-2-7-16-11;/h3*1-8H;. The van der Waals surface area contributed by atoms with Gasteiger partial charge < -0.3 is 0 Å². The summed E-state index contributed by atoms with van der Waals surface area (Å²) in [6, 6.07) is 30.8. The first-order chi connectivity index (χ1) is 22.7. The number of hydrogen-bond donors (Lipinski definition) is 0. The van der Waals surface area contributed by atoms with Gasteiger partial charge in [-0.05, 0) is 72.8 Å². The van der Waals surface area contributed by atoms with E-state index in [4.69, 9.17) is 0 Å². The van der Waals surface area contributed by atoms with E-state index in [1.807, 2.05) is 0 Å². The van der Waals surface area contributed by atoms with Crippen molar-refractivity contribution in [3.63, 3.8) is 0 Å². The first-order valence-electron chi connectivity index (χ1n) is 14.0. The molecule has 0 saturated heterocycles. The normalized spacial score (nSPS) is 11.2. The number of aromatic nitrogens is 3. The van der Waals surface area contributed by atoms with Gasteiger partial charge in [0, 0.05) is 55.4 Å². The Morgan fingerprint density at radius 1 is 0.327 bits per heavy atom. The molecule has 0 aliphatic rings. The molecule has 0 fully saturated rings. The van der Waals surface area contributed by atoms with Crippen molar-refractivity contribution in [3.05, 3.63) is 163 Å². The van der Waals surface area contributed by atoms with Crippen LogP contribution < -0.4 is 0 Å². The molecule has 3 aromatic heterocycles. The van der Waals surface area contributed by atoms with Crippen molar-refractivity contribution in [1.82, 2.24) is 15.0 Å². The average molecular weight is 862 g/mol. The van der Waals surface area contributed by atoms with Crippen LogP contribution in [0.3, 0.4) is 0 Å². The second-order valence-electron chi connectivity index (χ2n) is 9.88. The molecule has 0 aliphatic heterocycles. The number of nitrogens with zero attached hydrogens (tertiary/aromatic N) is 3. The summed E-state index contributed by atoms with van der Waals surface area (Å²) < 4.78 is 112. The van der Waals surface area contributed by atoms with Crippen LogP contribution in [0, 0.1) is 0 Å². The van der Waals surface area contributed by atoms with Gasteiger partial charge in [0.1, 0.15) is 0 Å². The molecule has 0 atom stereocenters. The predicted octanol–water partition coefficient (Wildman–Crippen LogP) is 11.3. The van der Waals surface area contributed by atoms with Crippen molar-refractivity contribution in [2.24, 2.45) is 0 Å². The van der Waals surface area contributed by atoms with Crippen molar-refractivity contribution in [3.8, 4) is 33.8 Å². The van der Waals surface area contributed by atoms with E-state index in [2.05, 4.69) is 15.0 Å². The fourth-order valence-electron chi connectivity index (χ4n) is 4.17. The number of alkyl halides is 9. The van der Waals surface area contributed by atoms with Crippen LogP contribution in [-0.2, 0) is 38.6 Å². The summed E-state index contributed by atoms with van der Waals surface area (Å²) in [5, 5.41) is 0. The minimum absolute atomic E-state index is 0. The van der Waals surface area contributed by atoms with Crippen molar-refractivity contribution in [2.45, 2.75) is 18.5 Å². The van der Waals surface area contributed by atoms with Crippen LogP contribution >= 0.6 is 0 Å². The van der Waals surface area contributed by atoms with E-state index in [9.17, 15) is 39.5 Å².